The number of hydrogen-bond acceptors (Lipinski definition) is 4. The summed E-state index contributed by atoms with van der Waals surface area (Å²) in [4.78, 5) is 18.5. The normalized spacial score (nSPS) is 10.1. The second-order valence-corrected chi connectivity index (χ2v) is 5.23. The third-order valence-electron chi connectivity index (χ3n) is 3.70. The van der Waals surface area contributed by atoms with E-state index in [2.05, 4.69) is 34.4 Å². The third-order valence-corrected chi connectivity index (χ3v) is 3.70. The Kier molecular flexibility index (Phi) is 6.42. The molecule has 0 spiro atoms. The smallest absolute Gasteiger partial charge is 0.319 e. The number of aromatic nitrogens is 1. The minimum Gasteiger partial charge on any atom is -0.497 e. The van der Waals surface area contributed by atoms with Crippen LogP contribution in [0.15, 0.2) is 42.6 Å². The first-order valence-corrected chi connectivity index (χ1v) is 8.05. The number of benzene rings is 1. The van der Waals surface area contributed by atoms with Crippen molar-refractivity contribution >= 4 is 17.5 Å². The molecule has 2 N–H and O–H groups in total. The fourth-order valence-electron chi connectivity index (χ4n) is 2.32. The number of carbonyl (C=O) groups excluding carboxylic acids is 1. The zero-order valence-corrected chi connectivity index (χ0v) is 14.4. The van der Waals surface area contributed by atoms with Crippen LogP contribution in [0.4, 0.5) is 16.3 Å². The second kappa shape index (κ2) is 8.76. The lowest BCUT2D eigenvalue weighted by atomic mass is 10.2. The van der Waals surface area contributed by atoms with E-state index in [0.29, 0.717) is 12.2 Å². The van der Waals surface area contributed by atoms with Crippen molar-refractivity contribution in [2.75, 3.05) is 30.4 Å². The van der Waals surface area contributed by atoms with Gasteiger partial charge < -0.3 is 20.3 Å². The standard InChI is InChI=1S/C18H24N4O2/c1-4-22(5-2)17-12-14(10-11-19-17)13-20-18(23)21-15-6-8-16(24-3)9-7-15/h6-12H,4-5,13H2,1-3H3,(H2,20,21,23). The topological polar surface area (TPSA) is 66.5 Å². The SMILES string of the molecule is CCN(CC)c1cc(CNC(=O)Nc2ccc(OC)cc2)ccn1. The molecule has 0 saturated heterocycles. The number of urea groups is 1. The molecule has 0 radical (unpaired) electrons. The number of pyridine rings is 1. The summed E-state index contributed by atoms with van der Waals surface area (Å²) in [5, 5.41) is 5.64. The van der Waals surface area contributed by atoms with Crippen molar-refractivity contribution in [3.05, 3.63) is 48.2 Å². The molecule has 0 fully saturated rings. The molecule has 6 nitrogen and oxygen atoms in total. The monoisotopic (exact) mass is 328 g/mol. The van der Waals surface area contributed by atoms with Gasteiger partial charge in [-0.3, -0.25) is 0 Å². The van der Waals surface area contributed by atoms with Crippen LogP contribution in [0.2, 0.25) is 0 Å². The highest BCUT2D eigenvalue weighted by Crippen LogP contribution is 2.15. The van der Waals surface area contributed by atoms with E-state index in [1.54, 1.807) is 37.6 Å². The van der Waals surface area contributed by atoms with E-state index >= 15 is 0 Å². The number of anilines is 2. The van der Waals surface area contributed by atoms with E-state index in [1.807, 2.05) is 12.1 Å². The Morgan fingerprint density at radius 3 is 2.50 bits per heavy atom. The molecule has 0 atom stereocenters. The van der Waals surface area contributed by atoms with Crippen molar-refractivity contribution < 1.29 is 9.53 Å². The molecule has 24 heavy (non-hydrogen) atoms. The first-order chi connectivity index (χ1) is 11.7. The Bertz CT molecular complexity index is 654. The predicted molar refractivity (Wildman–Crippen MR) is 96.7 cm³/mol. The molecular weight excluding hydrogens is 304 g/mol. The highest BCUT2D eigenvalue weighted by atomic mass is 16.5. The molecule has 1 heterocycles. The van der Waals surface area contributed by atoms with E-state index in [-0.39, 0.29) is 6.03 Å². The van der Waals surface area contributed by atoms with Gasteiger partial charge in [-0.25, -0.2) is 9.78 Å². The summed E-state index contributed by atoms with van der Waals surface area (Å²) in [5.74, 6) is 1.68. The van der Waals surface area contributed by atoms with Crippen molar-refractivity contribution in [1.82, 2.24) is 10.3 Å². The van der Waals surface area contributed by atoms with Crippen molar-refractivity contribution in [1.29, 1.82) is 0 Å². The number of methoxy groups -OCH3 is 1. The lowest BCUT2D eigenvalue weighted by molar-refractivity contribution is 0.251. The van der Waals surface area contributed by atoms with Crippen LogP contribution in [0.5, 0.6) is 5.75 Å². The Morgan fingerprint density at radius 1 is 1.17 bits per heavy atom. The number of carbonyl (C=O) groups is 1. The van der Waals surface area contributed by atoms with Gasteiger partial charge in [0, 0.05) is 31.5 Å². The minimum absolute atomic E-state index is 0.249. The van der Waals surface area contributed by atoms with Gasteiger partial charge in [-0.2, -0.15) is 0 Å². The second-order valence-electron chi connectivity index (χ2n) is 5.23. The zero-order valence-electron chi connectivity index (χ0n) is 14.4. The molecule has 0 bridgehead atoms. The van der Waals surface area contributed by atoms with Gasteiger partial charge in [0.05, 0.1) is 7.11 Å². The predicted octanol–water partition coefficient (Wildman–Crippen LogP) is 3.26. The number of rotatable bonds is 7. The first kappa shape index (κ1) is 17.6. The van der Waals surface area contributed by atoms with Crippen LogP contribution in [0.25, 0.3) is 0 Å². The average Bonchev–Trinajstić information content (AvgIpc) is 2.62. The summed E-state index contributed by atoms with van der Waals surface area (Å²) in [6, 6.07) is 10.8. The maximum atomic E-state index is 12.0. The summed E-state index contributed by atoms with van der Waals surface area (Å²) in [7, 11) is 1.61. The molecule has 128 valence electrons. The summed E-state index contributed by atoms with van der Waals surface area (Å²) in [6.45, 7) is 6.44. The van der Waals surface area contributed by atoms with Gasteiger partial charge in [-0.05, 0) is 55.8 Å². The summed E-state index contributed by atoms with van der Waals surface area (Å²) in [6.07, 6.45) is 1.77. The zero-order chi connectivity index (χ0) is 17.4. The van der Waals surface area contributed by atoms with Crippen LogP contribution in [-0.4, -0.2) is 31.2 Å². The molecule has 1 aromatic heterocycles. The maximum Gasteiger partial charge on any atom is 0.319 e. The highest BCUT2D eigenvalue weighted by molar-refractivity contribution is 5.89. The Morgan fingerprint density at radius 2 is 1.88 bits per heavy atom. The van der Waals surface area contributed by atoms with Crippen molar-refractivity contribution in [2.24, 2.45) is 0 Å². The molecule has 0 saturated carbocycles. The molecule has 2 rings (SSSR count). The van der Waals surface area contributed by atoms with Gasteiger partial charge in [-0.15, -0.1) is 0 Å². The minimum atomic E-state index is -0.249. The first-order valence-electron chi connectivity index (χ1n) is 8.05. The molecular formula is C18H24N4O2. The summed E-state index contributed by atoms with van der Waals surface area (Å²) < 4.78 is 5.09. The van der Waals surface area contributed by atoms with E-state index in [0.717, 1.165) is 30.2 Å². The maximum absolute atomic E-state index is 12.0. The van der Waals surface area contributed by atoms with Crippen molar-refractivity contribution in [3.8, 4) is 5.75 Å². The van der Waals surface area contributed by atoms with Crippen LogP contribution in [0.3, 0.4) is 0 Å². The van der Waals surface area contributed by atoms with Crippen LogP contribution in [0, 0.1) is 0 Å². The Hall–Kier alpha value is -2.76. The molecule has 0 aliphatic carbocycles. The number of hydrogen-bond donors (Lipinski definition) is 2. The molecule has 1 aromatic carbocycles. The largest absolute Gasteiger partial charge is 0.497 e. The molecule has 2 aromatic rings. The quantitative estimate of drug-likeness (QED) is 0.819. The lowest BCUT2D eigenvalue weighted by Crippen LogP contribution is -2.28. The number of ether oxygens (including phenoxy) is 1. The van der Waals surface area contributed by atoms with Gasteiger partial charge >= 0.3 is 6.03 Å². The van der Waals surface area contributed by atoms with E-state index in [1.165, 1.54) is 0 Å². The van der Waals surface area contributed by atoms with Crippen molar-refractivity contribution in [2.45, 2.75) is 20.4 Å². The van der Waals surface area contributed by atoms with Gasteiger partial charge in [0.25, 0.3) is 0 Å². The van der Waals surface area contributed by atoms with Crippen LogP contribution in [0.1, 0.15) is 19.4 Å². The van der Waals surface area contributed by atoms with Gasteiger partial charge in [-0.1, -0.05) is 0 Å². The van der Waals surface area contributed by atoms with Crippen LogP contribution < -0.4 is 20.3 Å². The molecule has 0 aliphatic heterocycles. The Labute approximate surface area is 142 Å². The molecule has 6 heteroatoms. The fourth-order valence-corrected chi connectivity index (χ4v) is 2.32. The number of amides is 2. The molecule has 2 amide bonds. The average molecular weight is 328 g/mol. The number of nitrogens with zero attached hydrogens (tertiary/aromatic N) is 2. The summed E-state index contributed by atoms with van der Waals surface area (Å²) >= 11 is 0. The lowest BCUT2D eigenvalue weighted by Gasteiger charge is -2.20. The van der Waals surface area contributed by atoms with E-state index in [4.69, 9.17) is 4.74 Å². The third kappa shape index (κ3) is 4.87. The molecule has 0 aliphatic rings. The molecule has 0 unspecified atom stereocenters. The fraction of sp³-hybridized carbons (Fsp3) is 0.333. The van der Waals surface area contributed by atoms with Gasteiger partial charge in [0.15, 0.2) is 0 Å². The van der Waals surface area contributed by atoms with E-state index in [9.17, 15) is 4.79 Å². The highest BCUT2D eigenvalue weighted by Gasteiger charge is 2.06. The van der Waals surface area contributed by atoms with Crippen LogP contribution in [-0.2, 0) is 6.54 Å². The summed E-state index contributed by atoms with van der Waals surface area (Å²) in [5.41, 5.74) is 1.73. The van der Waals surface area contributed by atoms with Gasteiger partial charge in [0.2, 0.25) is 0 Å². The Balaban J connectivity index is 1.90. The van der Waals surface area contributed by atoms with Crippen molar-refractivity contribution in [3.63, 3.8) is 0 Å². The van der Waals surface area contributed by atoms with E-state index < -0.39 is 0 Å². The van der Waals surface area contributed by atoms with Gasteiger partial charge in [0.1, 0.15) is 11.6 Å². The van der Waals surface area contributed by atoms with Crippen LogP contribution >= 0.6 is 0 Å². The number of nitrogens with one attached hydrogen (secondary N) is 2.